The first-order chi connectivity index (χ1) is 13.3. The van der Waals surface area contributed by atoms with Gasteiger partial charge in [-0.1, -0.05) is 0 Å². The maximum absolute atomic E-state index is 11.9. The average molecular weight is 383 g/mol. The molecule has 0 aromatic heterocycles. The molecule has 0 spiro atoms. The first-order valence-corrected chi connectivity index (χ1v) is 9.58. The number of hydrogen-bond acceptors (Lipinski definition) is 5. The molecule has 0 unspecified atom stereocenters. The summed E-state index contributed by atoms with van der Waals surface area (Å²) in [6.07, 6.45) is -0.437. The third-order valence-corrected chi connectivity index (χ3v) is 4.59. The SMILES string of the molecule is COc1ccc(N2CCN(c3ccc(NC(=O)OC(C)(C)C)cc3)CC2)cc1. The molecule has 1 amide bonds. The molecule has 0 bridgehead atoms. The van der Waals surface area contributed by atoms with Crippen LogP contribution in [0.5, 0.6) is 5.75 Å². The first-order valence-electron chi connectivity index (χ1n) is 9.58. The van der Waals surface area contributed by atoms with Crippen LogP contribution in [0.3, 0.4) is 0 Å². The Morgan fingerprint density at radius 3 is 1.75 bits per heavy atom. The topological polar surface area (TPSA) is 54.0 Å². The van der Waals surface area contributed by atoms with Crippen molar-refractivity contribution in [3.05, 3.63) is 48.5 Å². The lowest BCUT2D eigenvalue weighted by molar-refractivity contribution is 0.0636. The number of rotatable bonds is 4. The molecule has 1 aliphatic rings. The van der Waals surface area contributed by atoms with Gasteiger partial charge < -0.3 is 19.3 Å². The van der Waals surface area contributed by atoms with E-state index in [1.165, 1.54) is 5.69 Å². The summed E-state index contributed by atoms with van der Waals surface area (Å²) in [5.74, 6) is 0.877. The zero-order chi connectivity index (χ0) is 20.1. The summed E-state index contributed by atoms with van der Waals surface area (Å²) < 4.78 is 10.5. The van der Waals surface area contributed by atoms with Gasteiger partial charge in [0.2, 0.25) is 0 Å². The van der Waals surface area contributed by atoms with Gasteiger partial charge in [0.15, 0.2) is 0 Å². The largest absolute Gasteiger partial charge is 0.497 e. The highest BCUT2D eigenvalue weighted by Gasteiger charge is 2.19. The van der Waals surface area contributed by atoms with Gasteiger partial charge in [0.05, 0.1) is 7.11 Å². The molecule has 1 heterocycles. The first kappa shape index (κ1) is 19.9. The van der Waals surface area contributed by atoms with Crippen LogP contribution in [0.4, 0.5) is 21.9 Å². The predicted molar refractivity (Wildman–Crippen MR) is 114 cm³/mol. The summed E-state index contributed by atoms with van der Waals surface area (Å²) >= 11 is 0. The van der Waals surface area contributed by atoms with Crippen molar-refractivity contribution in [1.82, 2.24) is 0 Å². The number of ether oxygens (including phenoxy) is 2. The molecule has 2 aromatic carbocycles. The van der Waals surface area contributed by atoms with Crippen molar-refractivity contribution in [3.8, 4) is 5.75 Å². The van der Waals surface area contributed by atoms with Crippen LogP contribution in [0, 0.1) is 0 Å². The molecule has 1 saturated heterocycles. The molecule has 1 fully saturated rings. The Hall–Kier alpha value is -2.89. The third kappa shape index (κ3) is 5.31. The van der Waals surface area contributed by atoms with Crippen LogP contribution in [0.25, 0.3) is 0 Å². The van der Waals surface area contributed by atoms with Gasteiger partial charge in [-0.05, 0) is 69.3 Å². The lowest BCUT2D eigenvalue weighted by atomic mass is 10.2. The van der Waals surface area contributed by atoms with Crippen LogP contribution in [-0.2, 0) is 4.74 Å². The van der Waals surface area contributed by atoms with E-state index in [-0.39, 0.29) is 0 Å². The number of amides is 1. The van der Waals surface area contributed by atoms with E-state index in [2.05, 4.69) is 27.2 Å². The Balaban J connectivity index is 1.53. The molecular formula is C22H29N3O3. The number of anilines is 3. The van der Waals surface area contributed by atoms with E-state index in [0.29, 0.717) is 0 Å². The molecule has 3 rings (SSSR count). The summed E-state index contributed by atoms with van der Waals surface area (Å²) in [7, 11) is 1.68. The Kier molecular flexibility index (Phi) is 5.97. The van der Waals surface area contributed by atoms with Gasteiger partial charge in [-0.25, -0.2) is 4.79 Å². The monoisotopic (exact) mass is 383 g/mol. The highest BCUT2D eigenvalue weighted by Crippen LogP contribution is 2.24. The maximum Gasteiger partial charge on any atom is 0.412 e. The molecule has 28 heavy (non-hydrogen) atoms. The fourth-order valence-corrected chi connectivity index (χ4v) is 3.19. The van der Waals surface area contributed by atoms with Crippen LogP contribution >= 0.6 is 0 Å². The number of benzene rings is 2. The summed E-state index contributed by atoms with van der Waals surface area (Å²) in [6, 6.07) is 16.1. The van der Waals surface area contributed by atoms with E-state index in [9.17, 15) is 4.79 Å². The van der Waals surface area contributed by atoms with E-state index in [1.54, 1.807) is 7.11 Å². The standard InChI is InChI=1S/C22H29N3O3/c1-22(2,3)28-21(26)23-17-5-7-18(8-6-17)24-13-15-25(16-14-24)19-9-11-20(27-4)12-10-19/h5-12H,13-16H2,1-4H3,(H,23,26). The fourth-order valence-electron chi connectivity index (χ4n) is 3.19. The average Bonchev–Trinajstić information content (AvgIpc) is 2.67. The summed E-state index contributed by atoms with van der Waals surface area (Å²) in [5.41, 5.74) is 2.60. The van der Waals surface area contributed by atoms with Crippen LogP contribution in [-0.4, -0.2) is 45.0 Å². The number of carbonyl (C=O) groups is 1. The Morgan fingerprint density at radius 2 is 1.32 bits per heavy atom. The van der Waals surface area contributed by atoms with Crippen LogP contribution < -0.4 is 19.9 Å². The number of carbonyl (C=O) groups excluding carboxylic acids is 1. The van der Waals surface area contributed by atoms with Crippen molar-refractivity contribution < 1.29 is 14.3 Å². The highest BCUT2D eigenvalue weighted by molar-refractivity contribution is 5.85. The van der Waals surface area contributed by atoms with E-state index >= 15 is 0 Å². The van der Waals surface area contributed by atoms with E-state index in [0.717, 1.165) is 43.3 Å². The Morgan fingerprint density at radius 1 is 0.857 bits per heavy atom. The number of piperazine rings is 1. The maximum atomic E-state index is 11.9. The van der Waals surface area contributed by atoms with Gasteiger partial charge in [0.25, 0.3) is 0 Å². The zero-order valence-electron chi connectivity index (χ0n) is 17.1. The lowest BCUT2D eigenvalue weighted by Crippen LogP contribution is -2.46. The Bertz CT molecular complexity index is 774. The second-order valence-electron chi connectivity index (χ2n) is 7.85. The number of nitrogens with zero attached hydrogens (tertiary/aromatic N) is 2. The molecule has 1 N–H and O–H groups in total. The highest BCUT2D eigenvalue weighted by atomic mass is 16.6. The van der Waals surface area contributed by atoms with Crippen LogP contribution in [0.15, 0.2) is 48.5 Å². The Labute approximate surface area is 167 Å². The minimum Gasteiger partial charge on any atom is -0.497 e. The smallest absolute Gasteiger partial charge is 0.412 e. The molecule has 2 aromatic rings. The molecule has 150 valence electrons. The van der Waals surface area contributed by atoms with Crippen molar-refractivity contribution in [2.24, 2.45) is 0 Å². The van der Waals surface area contributed by atoms with Crippen LogP contribution in [0.2, 0.25) is 0 Å². The molecule has 0 aliphatic carbocycles. The second kappa shape index (κ2) is 8.42. The van der Waals surface area contributed by atoms with Gasteiger partial charge in [-0.2, -0.15) is 0 Å². The molecule has 0 atom stereocenters. The number of methoxy groups -OCH3 is 1. The minimum atomic E-state index is -0.506. The van der Waals surface area contributed by atoms with Gasteiger partial charge in [0.1, 0.15) is 11.4 Å². The van der Waals surface area contributed by atoms with E-state index in [4.69, 9.17) is 9.47 Å². The summed E-state index contributed by atoms with van der Waals surface area (Å²) in [5, 5.41) is 2.77. The fraction of sp³-hybridized carbons (Fsp3) is 0.409. The van der Waals surface area contributed by atoms with Crippen molar-refractivity contribution >= 4 is 23.2 Å². The van der Waals surface area contributed by atoms with Gasteiger partial charge in [-0.15, -0.1) is 0 Å². The number of nitrogens with one attached hydrogen (secondary N) is 1. The van der Waals surface area contributed by atoms with Gasteiger partial charge >= 0.3 is 6.09 Å². The molecule has 1 aliphatic heterocycles. The predicted octanol–water partition coefficient (Wildman–Crippen LogP) is 4.37. The van der Waals surface area contributed by atoms with Crippen molar-refractivity contribution in [1.29, 1.82) is 0 Å². The second-order valence-corrected chi connectivity index (χ2v) is 7.85. The normalized spacial score (nSPS) is 14.6. The third-order valence-electron chi connectivity index (χ3n) is 4.59. The van der Waals surface area contributed by atoms with Crippen molar-refractivity contribution in [2.45, 2.75) is 26.4 Å². The lowest BCUT2D eigenvalue weighted by Gasteiger charge is -2.37. The zero-order valence-corrected chi connectivity index (χ0v) is 17.1. The van der Waals surface area contributed by atoms with E-state index in [1.807, 2.05) is 57.2 Å². The van der Waals surface area contributed by atoms with Crippen LogP contribution in [0.1, 0.15) is 20.8 Å². The van der Waals surface area contributed by atoms with Gasteiger partial charge in [0, 0.05) is 43.2 Å². The molecule has 6 heteroatoms. The van der Waals surface area contributed by atoms with Gasteiger partial charge in [-0.3, -0.25) is 5.32 Å². The molecular weight excluding hydrogens is 354 g/mol. The quantitative estimate of drug-likeness (QED) is 0.850. The van der Waals surface area contributed by atoms with Crippen molar-refractivity contribution in [2.75, 3.05) is 48.4 Å². The molecule has 6 nitrogen and oxygen atoms in total. The number of hydrogen-bond donors (Lipinski definition) is 1. The molecule has 0 radical (unpaired) electrons. The summed E-state index contributed by atoms with van der Waals surface area (Å²) in [4.78, 5) is 16.6. The van der Waals surface area contributed by atoms with Crippen molar-refractivity contribution in [3.63, 3.8) is 0 Å². The van der Waals surface area contributed by atoms with E-state index < -0.39 is 11.7 Å². The summed E-state index contributed by atoms with van der Waals surface area (Å²) in [6.45, 7) is 9.37. The molecule has 0 saturated carbocycles. The minimum absolute atomic E-state index is 0.437.